The van der Waals surface area contributed by atoms with Crippen molar-refractivity contribution in [3.8, 4) is 5.75 Å². The fourth-order valence-electron chi connectivity index (χ4n) is 2.61. The lowest BCUT2D eigenvalue weighted by Gasteiger charge is -2.16. The lowest BCUT2D eigenvalue weighted by Crippen LogP contribution is -2.31. The molecule has 2 aromatic carbocycles. The Kier molecular flexibility index (Phi) is 3.91. The number of benzene rings is 2. The van der Waals surface area contributed by atoms with E-state index in [1.54, 1.807) is 0 Å². The van der Waals surface area contributed by atoms with Gasteiger partial charge in [0.15, 0.2) is 6.10 Å². The van der Waals surface area contributed by atoms with E-state index in [1.165, 1.54) is 11.1 Å². The van der Waals surface area contributed by atoms with Crippen LogP contribution in [0.25, 0.3) is 0 Å². The van der Waals surface area contributed by atoms with Gasteiger partial charge in [-0.25, -0.2) is 0 Å². The van der Waals surface area contributed by atoms with Gasteiger partial charge in [-0.3, -0.25) is 4.79 Å². The maximum atomic E-state index is 12.3. The van der Waals surface area contributed by atoms with E-state index in [4.69, 9.17) is 4.74 Å². The van der Waals surface area contributed by atoms with Gasteiger partial charge in [0.25, 0.3) is 5.91 Å². The summed E-state index contributed by atoms with van der Waals surface area (Å²) in [4.78, 5) is 12.3. The number of ether oxygens (including phenoxy) is 1. The molecule has 0 radical (unpaired) electrons. The first-order chi connectivity index (χ1) is 10.3. The van der Waals surface area contributed by atoms with Crippen LogP contribution in [0.15, 0.2) is 48.5 Å². The summed E-state index contributed by atoms with van der Waals surface area (Å²) in [5.41, 5.74) is 3.28. The SMILES string of the molecule is CCc1cccc(OC2CCc3ccccc3NC2=O)c1. The first-order valence-corrected chi connectivity index (χ1v) is 7.40. The molecule has 1 heterocycles. The number of carbonyl (C=O) groups is 1. The molecular formula is C18H19NO2. The number of rotatable bonds is 3. The molecule has 1 atom stereocenters. The van der Waals surface area contributed by atoms with Crippen molar-refractivity contribution in [3.05, 3.63) is 59.7 Å². The largest absolute Gasteiger partial charge is 0.481 e. The van der Waals surface area contributed by atoms with Crippen LogP contribution in [0.1, 0.15) is 24.5 Å². The highest BCUT2D eigenvalue weighted by Crippen LogP contribution is 2.24. The number of aryl methyl sites for hydroxylation is 2. The summed E-state index contributed by atoms with van der Waals surface area (Å²) < 4.78 is 5.91. The van der Waals surface area contributed by atoms with Gasteiger partial charge >= 0.3 is 0 Å². The molecule has 2 aromatic rings. The summed E-state index contributed by atoms with van der Waals surface area (Å²) in [6.07, 6.45) is 2.05. The summed E-state index contributed by atoms with van der Waals surface area (Å²) in [7, 11) is 0. The predicted octanol–water partition coefficient (Wildman–Crippen LogP) is 3.58. The molecule has 0 fully saturated rings. The topological polar surface area (TPSA) is 38.3 Å². The summed E-state index contributed by atoms with van der Waals surface area (Å²) in [5.74, 6) is 0.697. The lowest BCUT2D eigenvalue weighted by molar-refractivity contribution is -0.122. The van der Waals surface area contributed by atoms with E-state index >= 15 is 0 Å². The minimum absolute atomic E-state index is 0.0677. The number of anilines is 1. The Morgan fingerprint density at radius 3 is 2.90 bits per heavy atom. The molecule has 0 bridgehead atoms. The first kappa shape index (κ1) is 13.7. The van der Waals surface area contributed by atoms with Gasteiger partial charge in [-0.15, -0.1) is 0 Å². The maximum Gasteiger partial charge on any atom is 0.265 e. The minimum Gasteiger partial charge on any atom is -0.481 e. The van der Waals surface area contributed by atoms with Crippen LogP contribution in [0, 0.1) is 0 Å². The number of fused-ring (bicyclic) bond motifs is 1. The summed E-state index contributed by atoms with van der Waals surface area (Å²) in [5, 5.41) is 2.96. The molecule has 1 amide bonds. The second-order valence-corrected chi connectivity index (χ2v) is 5.29. The van der Waals surface area contributed by atoms with Gasteiger partial charge in [-0.1, -0.05) is 37.3 Å². The fourth-order valence-corrected chi connectivity index (χ4v) is 2.61. The fraction of sp³-hybridized carbons (Fsp3) is 0.278. The summed E-state index contributed by atoms with van der Waals surface area (Å²) in [6, 6.07) is 15.9. The van der Waals surface area contributed by atoms with E-state index in [1.807, 2.05) is 36.4 Å². The molecule has 3 heteroatoms. The van der Waals surface area contributed by atoms with Crippen molar-refractivity contribution in [2.24, 2.45) is 0 Å². The van der Waals surface area contributed by atoms with Crippen LogP contribution in [-0.4, -0.2) is 12.0 Å². The van der Waals surface area contributed by atoms with Gasteiger partial charge in [0.05, 0.1) is 0 Å². The molecule has 0 spiro atoms. The number of para-hydroxylation sites is 1. The van der Waals surface area contributed by atoms with E-state index in [0.717, 1.165) is 24.3 Å². The molecule has 1 unspecified atom stereocenters. The number of hydrogen-bond acceptors (Lipinski definition) is 2. The summed E-state index contributed by atoms with van der Waals surface area (Å²) >= 11 is 0. The standard InChI is InChI=1S/C18H19NO2/c1-2-13-6-5-8-15(12-13)21-17-11-10-14-7-3-4-9-16(14)19-18(17)20/h3-9,12,17H,2,10-11H2,1H3,(H,19,20). The highest BCUT2D eigenvalue weighted by atomic mass is 16.5. The van der Waals surface area contributed by atoms with Gasteiger partial charge in [-0.05, 0) is 48.6 Å². The van der Waals surface area contributed by atoms with E-state index in [2.05, 4.69) is 24.4 Å². The van der Waals surface area contributed by atoms with Gasteiger partial charge in [0, 0.05) is 5.69 Å². The molecule has 21 heavy (non-hydrogen) atoms. The number of hydrogen-bond donors (Lipinski definition) is 1. The second-order valence-electron chi connectivity index (χ2n) is 5.29. The molecule has 1 aliphatic heterocycles. The Morgan fingerprint density at radius 1 is 1.19 bits per heavy atom. The molecule has 0 aromatic heterocycles. The Balaban J connectivity index is 1.76. The second kappa shape index (κ2) is 6.00. The van der Waals surface area contributed by atoms with Crippen LogP contribution >= 0.6 is 0 Å². The van der Waals surface area contributed by atoms with Crippen molar-refractivity contribution >= 4 is 11.6 Å². The molecule has 3 rings (SSSR count). The van der Waals surface area contributed by atoms with Crippen molar-refractivity contribution in [2.45, 2.75) is 32.3 Å². The Hall–Kier alpha value is -2.29. The van der Waals surface area contributed by atoms with Gasteiger partial charge in [0.1, 0.15) is 5.75 Å². The van der Waals surface area contributed by atoms with Gasteiger partial charge in [-0.2, -0.15) is 0 Å². The lowest BCUT2D eigenvalue weighted by atomic mass is 10.1. The zero-order chi connectivity index (χ0) is 14.7. The monoisotopic (exact) mass is 281 g/mol. The van der Waals surface area contributed by atoms with E-state index in [-0.39, 0.29) is 5.91 Å². The molecule has 1 N–H and O–H groups in total. The van der Waals surface area contributed by atoms with Crippen molar-refractivity contribution in [1.29, 1.82) is 0 Å². The quantitative estimate of drug-likeness (QED) is 0.933. The average molecular weight is 281 g/mol. The smallest absolute Gasteiger partial charge is 0.265 e. The average Bonchev–Trinajstić information content (AvgIpc) is 2.67. The Bertz CT molecular complexity index is 651. The molecule has 1 aliphatic rings. The Labute approximate surface area is 124 Å². The molecule has 0 saturated heterocycles. The van der Waals surface area contributed by atoms with Crippen LogP contribution < -0.4 is 10.1 Å². The third kappa shape index (κ3) is 3.07. The van der Waals surface area contributed by atoms with Gasteiger partial charge in [0.2, 0.25) is 0 Å². The normalized spacial score (nSPS) is 17.6. The van der Waals surface area contributed by atoms with Crippen molar-refractivity contribution in [3.63, 3.8) is 0 Å². The molecule has 0 saturated carbocycles. The predicted molar refractivity (Wildman–Crippen MR) is 83.6 cm³/mol. The molecule has 3 nitrogen and oxygen atoms in total. The zero-order valence-electron chi connectivity index (χ0n) is 12.1. The zero-order valence-corrected chi connectivity index (χ0v) is 12.1. The van der Waals surface area contributed by atoms with Crippen LogP contribution in [0.2, 0.25) is 0 Å². The first-order valence-electron chi connectivity index (χ1n) is 7.40. The highest BCUT2D eigenvalue weighted by Gasteiger charge is 2.25. The Morgan fingerprint density at radius 2 is 2.05 bits per heavy atom. The van der Waals surface area contributed by atoms with Crippen molar-refractivity contribution < 1.29 is 9.53 Å². The van der Waals surface area contributed by atoms with Crippen LogP contribution in [0.3, 0.4) is 0 Å². The number of amides is 1. The third-order valence-electron chi connectivity index (χ3n) is 3.83. The van der Waals surface area contributed by atoms with Crippen LogP contribution in [0.5, 0.6) is 5.75 Å². The molecular weight excluding hydrogens is 262 g/mol. The number of carbonyl (C=O) groups excluding carboxylic acids is 1. The van der Waals surface area contributed by atoms with Crippen molar-refractivity contribution in [2.75, 3.05) is 5.32 Å². The van der Waals surface area contributed by atoms with Crippen LogP contribution in [0.4, 0.5) is 5.69 Å². The van der Waals surface area contributed by atoms with E-state index in [9.17, 15) is 4.79 Å². The third-order valence-corrected chi connectivity index (χ3v) is 3.83. The van der Waals surface area contributed by atoms with E-state index < -0.39 is 6.10 Å². The molecule has 0 aliphatic carbocycles. The summed E-state index contributed by atoms with van der Waals surface area (Å²) in [6.45, 7) is 2.11. The van der Waals surface area contributed by atoms with Crippen LogP contribution in [-0.2, 0) is 17.6 Å². The minimum atomic E-state index is -0.440. The maximum absolute atomic E-state index is 12.3. The highest BCUT2D eigenvalue weighted by molar-refractivity contribution is 5.95. The van der Waals surface area contributed by atoms with Crippen molar-refractivity contribution in [1.82, 2.24) is 0 Å². The van der Waals surface area contributed by atoms with Gasteiger partial charge < -0.3 is 10.1 Å². The number of nitrogens with one attached hydrogen (secondary N) is 1. The molecule has 108 valence electrons. The van der Waals surface area contributed by atoms with E-state index in [0.29, 0.717) is 6.42 Å².